The smallest absolute Gasteiger partial charge is 0.339 e. The van der Waals surface area contributed by atoms with Gasteiger partial charge in [-0.05, 0) is 31.7 Å². The van der Waals surface area contributed by atoms with Crippen LogP contribution in [0.3, 0.4) is 0 Å². The first-order valence-corrected chi connectivity index (χ1v) is 6.14. The number of hydrogen-bond donors (Lipinski definition) is 1. The van der Waals surface area contributed by atoms with Crippen LogP contribution in [0.25, 0.3) is 0 Å². The Kier molecular flexibility index (Phi) is 3.50. The molecule has 18 heavy (non-hydrogen) atoms. The molecule has 0 bridgehead atoms. The Hall–Kier alpha value is -1.65. The third kappa shape index (κ3) is 2.44. The Balaban J connectivity index is 2.35. The summed E-state index contributed by atoms with van der Waals surface area (Å²) in [7, 11) is 0. The van der Waals surface area contributed by atoms with Gasteiger partial charge in [-0.25, -0.2) is 14.2 Å². The highest BCUT2D eigenvalue weighted by Crippen LogP contribution is 2.28. The Morgan fingerprint density at radius 2 is 2.28 bits per heavy atom. The molecule has 1 aromatic rings. The van der Waals surface area contributed by atoms with Gasteiger partial charge in [-0.1, -0.05) is 6.92 Å². The minimum atomic E-state index is -1.14. The number of aromatic nitrogens is 1. The molecule has 2 rings (SSSR count). The quantitative estimate of drug-likeness (QED) is 0.878. The molecule has 0 radical (unpaired) electrons. The molecule has 1 fully saturated rings. The number of anilines is 1. The van der Waals surface area contributed by atoms with Crippen molar-refractivity contribution in [1.29, 1.82) is 0 Å². The number of nitrogens with zero attached hydrogens (tertiary/aromatic N) is 2. The highest BCUT2D eigenvalue weighted by molar-refractivity contribution is 5.93. The van der Waals surface area contributed by atoms with E-state index < -0.39 is 11.8 Å². The lowest BCUT2D eigenvalue weighted by molar-refractivity contribution is 0.0696. The summed E-state index contributed by atoms with van der Waals surface area (Å²) in [6, 6.07) is 1.26. The zero-order chi connectivity index (χ0) is 13.3. The van der Waals surface area contributed by atoms with Crippen LogP contribution in [0.15, 0.2) is 12.3 Å². The summed E-state index contributed by atoms with van der Waals surface area (Å²) in [4.78, 5) is 17.1. The molecule has 4 nitrogen and oxygen atoms in total. The molecule has 0 amide bonds. The van der Waals surface area contributed by atoms with E-state index in [-0.39, 0.29) is 11.6 Å². The Morgan fingerprint density at radius 3 is 2.89 bits per heavy atom. The number of rotatable bonds is 2. The summed E-state index contributed by atoms with van der Waals surface area (Å²) in [6.07, 6.45) is 3.08. The van der Waals surface area contributed by atoms with Gasteiger partial charge < -0.3 is 10.0 Å². The predicted molar refractivity (Wildman–Crippen MR) is 66.4 cm³/mol. The first-order chi connectivity index (χ1) is 8.49. The summed E-state index contributed by atoms with van der Waals surface area (Å²) >= 11 is 0. The molecular weight excluding hydrogens is 235 g/mol. The number of pyridine rings is 1. The zero-order valence-electron chi connectivity index (χ0n) is 10.6. The first kappa shape index (κ1) is 12.8. The van der Waals surface area contributed by atoms with Gasteiger partial charge in [0, 0.05) is 12.6 Å². The molecule has 0 spiro atoms. The number of carboxylic acid groups (broad SMARTS) is 1. The van der Waals surface area contributed by atoms with Crippen LogP contribution in [0.2, 0.25) is 0 Å². The summed E-state index contributed by atoms with van der Waals surface area (Å²) < 4.78 is 13.1. The third-order valence-electron chi connectivity index (χ3n) is 3.47. The van der Waals surface area contributed by atoms with Crippen molar-refractivity contribution in [2.24, 2.45) is 5.92 Å². The summed E-state index contributed by atoms with van der Waals surface area (Å²) in [5, 5.41) is 9.13. The van der Waals surface area contributed by atoms with E-state index in [1.807, 2.05) is 11.8 Å². The maximum atomic E-state index is 13.1. The van der Waals surface area contributed by atoms with Gasteiger partial charge in [-0.3, -0.25) is 0 Å². The standard InChI is InChI=1S/C13H17FN2O2/c1-8-3-4-16(9(2)5-8)12-11(13(17)18)6-10(14)7-15-12/h6-9H,3-5H2,1-2H3,(H,17,18). The molecule has 1 N–H and O–H groups in total. The number of carboxylic acids is 1. The van der Waals surface area contributed by atoms with Crippen LogP contribution in [-0.2, 0) is 0 Å². The SMILES string of the molecule is CC1CCN(c2ncc(F)cc2C(=O)O)C(C)C1. The van der Waals surface area contributed by atoms with Crippen LogP contribution in [-0.4, -0.2) is 28.6 Å². The van der Waals surface area contributed by atoms with Crippen molar-refractivity contribution in [3.63, 3.8) is 0 Å². The van der Waals surface area contributed by atoms with Gasteiger partial charge in [-0.15, -0.1) is 0 Å². The molecule has 0 saturated carbocycles. The molecule has 2 heterocycles. The van der Waals surface area contributed by atoms with Gasteiger partial charge in [-0.2, -0.15) is 0 Å². The molecule has 5 heteroatoms. The fraction of sp³-hybridized carbons (Fsp3) is 0.538. The van der Waals surface area contributed by atoms with Crippen LogP contribution in [0.1, 0.15) is 37.0 Å². The predicted octanol–water partition coefficient (Wildman–Crippen LogP) is 2.54. The average Bonchev–Trinajstić information content (AvgIpc) is 2.29. The third-order valence-corrected chi connectivity index (χ3v) is 3.47. The minimum Gasteiger partial charge on any atom is -0.478 e. The van der Waals surface area contributed by atoms with Crippen molar-refractivity contribution >= 4 is 11.8 Å². The molecule has 1 aromatic heterocycles. The lowest BCUT2D eigenvalue weighted by Gasteiger charge is -2.37. The molecule has 1 aliphatic rings. The van der Waals surface area contributed by atoms with E-state index in [2.05, 4.69) is 11.9 Å². The van der Waals surface area contributed by atoms with Crippen molar-refractivity contribution < 1.29 is 14.3 Å². The number of piperidine rings is 1. The van der Waals surface area contributed by atoms with E-state index >= 15 is 0 Å². The van der Waals surface area contributed by atoms with E-state index in [4.69, 9.17) is 5.11 Å². The van der Waals surface area contributed by atoms with Crippen LogP contribution >= 0.6 is 0 Å². The van der Waals surface area contributed by atoms with E-state index in [9.17, 15) is 9.18 Å². The van der Waals surface area contributed by atoms with Crippen molar-refractivity contribution in [3.8, 4) is 0 Å². The lowest BCUT2D eigenvalue weighted by atomic mass is 9.93. The average molecular weight is 252 g/mol. The van der Waals surface area contributed by atoms with Crippen LogP contribution < -0.4 is 4.90 Å². The highest BCUT2D eigenvalue weighted by atomic mass is 19.1. The molecule has 98 valence electrons. The van der Waals surface area contributed by atoms with E-state index in [1.165, 1.54) is 0 Å². The topological polar surface area (TPSA) is 53.4 Å². The largest absolute Gasteiger partial charge is 0.478 e. The molecule has 2 atom stereocenters. The molecule has 0 aliphatic carbocycles. The Labute approximate surface area is 105 Å². The van der Waals surface area contributed by atoms with Crippen molar-refractivity contribution in [1.82, 2.24) is 4.98 Å². The summed E-state index contributed by atoms with van der Waals surface area (Å²) in [6.45, 7) is 5.00. The summed E-state index contributed by atoms with van der Waals surface area (Å²) in [5.41, 5.74) is -0.0589. The van der Waals surface area contributed by atoms with Crippen molar-refractivity contribution in [2.45, 2.75) is 32.7 Å². The highest BCUT2D eigenvalue weighted by Gasteiger charge is 2.27. The second kappa shape index (κ2) is 4.92. The number of halogens is 1. The fourth-order valence-corrected chi connectivity index (χ4v) is 2.54. The van der Waals surface area contributed by atoms with Gasteiger partial charge in [0.15, 0.2) is 0 Å². The number of carbonyl (C=O) groups is 1. The molecule has 1 saturated heterocycles. The van der Waals surface area contributed by atoms with Crippen molar-refractivity contribution in [2.75, 3.05) is 11.4 Å². The van der Waals surface area contributed by atoms with E-state index in [0.29, 0.717) is 11.7 Å². The Morgan fingerprint density at radius 1 is 1.56 bits per heavy atom. The molecular formula is C13H17FN2O2. The minimum absolute atomic E-state index is 0.0589. The van der Waals surface area contributed by atoms with Crippen LogP contribution in [0, 0.1) is 11.7 Å². The van der Waals surface area contributed by atoms with Gasteiger partial charge in [0.25, 0.3) is 0 Å². The van der Waals surface area contributed by atoms with E-state index in [0.717, 1.165) is 31.6 Å². The number of aromatic carboxylic acids is 1. The van der Waals surface area contributed by atoms with Gasteiger partial charge in [0.1, 0.15) is 17.2 Å². The lowest BCUT2D eigenvalue weighted by Crippen LogP contribution is -2.41. The van der Waals surface area contributed by atoms with Crippen molar-refractivity contribution in [3.05, 3.63) is 23.6 Å². The zero-order valence-corrected chi connectivity index (χ0v) is 10.6. The maximum absolute atomic E-state index is 13.1. The summed E-state index contributed by atoms with van der Waals surface area (Å²) in [5.74, 6) is -0.745. The fourth-order valence-electron chi connectivity index (χ4n) is 2.54. The van der Waals surface area contributed by atoms with Crippen LogP contribution in [0.4, 0.5) is 10.2 Å². The Bertz CT molecular complexity index is 464. The first-order valence-electron chi connectivity index (χ1n) is 6.14. The monoisotopic (exact) mass is 252 g/mol. The maximum Gasteiger partial charge on any atom is 0.339 e. The molecule has 0 aromatic carbocycles. The molecule has 2 unspecified atom stereocenters. The van der Waals surface area contributed by atoms with Gasteiger partial charge in [0.05, 0.1) is 6.20 Å². The van der Waals surface area contributed by atoms with Gasteiger partial charge >= 0.3 is 5.97 Å². The molecule has 1 aliphatic heterocycles. The normalized spacial score (nSPS) is 24.1. The van der Waals surface area contributed by atoms with Crippen LogP contribution in [0.5, 0.6) is 0 Å². The number of hydrogen-bond acceptors (Lipinski definition) is 3. The second-order valence-corrected chi connectivity index (χ2v) is 5.00. The van der Waals surface area contributed by atoms with Gasteiger partial charge in [0.2, 0.25) is 0 Å². The second-order valence-electron chi connectivity index (χ2n) is 5.00. The van der Waals surface area contributed by atoms with E-state index in [1.54, 1.807) is 0 Å².